The number of benzene rings is 1. The first kappa shape index (κ1) is 8.55. The number of rotatable bonds is 1. The second kappa shape index (κ2) is 3.02. The second-order valence-electron chi connectivity index (χ2n) is 2.70. The van der Waals surface area contributed by atoms with Crippen molar-refractivity contribution in [3.8, 4) is 0 Å². The first-order chi connectivity index (χ1) is 6.18. The van der Waals surface area contributed by atoms with Gasteiger partial charge in [0.2, 0.25) is 0 Å². The van der Waals surface area contributed by atoms with Crippen LogP contribution < -0.4 is 0 Å². The molecule has 2 N–H and O–H groups in total. The first-order valence-corrected chi connectivity index (χ1v) is 4.76. The van der Waals surface area contributed by atoms with Crippen LogP contribution in [0.5, 0.6) is 0 Å². The topological polar surface area (TPSA) is 53.1 Å². The number of H-pyrrole nitrogens is 1. The molecule has 0 atom stereocenters. The Bertz CT molecular complexity index is 475. The van der Waals surface area contributed by atoms with E-state index in [1.54, 1.807) is 18.3 Å². The van der Waals surface area contributed by atoms with Gasteiger partial charge in [0.05, 0.1) is 5.56 Å². The molecule has 0 saturated carbocycles. The van der Waals surface area contributed by atoms with Crippen LogP contribution in [0.15, 0.2) is 24.4 Å². The molecule has 0 fully saturated rings. The van der Waals surface area contributed by atoms with Crippen molar-refractivity contribution < 1.29 is 9.90 Å². The summed E-state index contributed by atoms with van der Waals surface area (Å²) in [5.41, 5.74) is 1.18. The molecule has 0 saturated heterocycles. The molecule has 0 amide bonds. The number of hydrogen-bond acceptors (Lipinski definition) is 1. The number of carboxylic acid groups (broad SMARTS) is 1. The van der Waals surface area contributed by atoms with E-state index in [4.69, 9.17) is 5.11 Å². The fraction of sp³-hybridized carbons (Fsp3) is 0. The summed E-state index contributed by atoms with van der Waals surface area (Å²) in [5.74, 6) is -0.894. The lowest BCUT2D eigenvalue weighted by Crippen LogP contribution is -1.96. The molecule has 0 unspecified atom stereocenters. The van der Waals surface area contributed by atoms with Crippen LogP contribution >= 0.6 is 22.6 Å². The normalized spacial score (nSPS) is 10.5. The van der Waals surface area contributed by atoms with Gasteiger partial charge in [0.1, 0.15) is 0 Å². The SMILES string of the molecule is O=C(O)c1cc(I)c2cc[nH]c2c1. The van der Waals surface area contributed by atoms with Gasteiger partial charge in [-0.25, -0.2) is 4.79 Å². The Balaban J connectivity index is 2.77. The van der Waals surface area contributed by atoms with Gasteiger partial charge in [0.15, 0.2) is 0 Å². The molecule has 0 radical (unpaired) electrons. The number of halogens is 1. The van der Waals surface area contributed by atoms with Crippen molar-refractivity contribution in [3.63, 3.8) is 0 Å². The Morgan fingerprint density at radius 3 is 2.92 bits per heavy atom. The minimum absolute atomic E-state index is 0.319. The van der Waals surface area contributed by atoms with Crippen molar-refractivity contribution in [3.05, 3.63) is 33.5 Å². The molecule has 1 aromatic heterocycles. The van der Waals surface area contributed by atoms with E-state index in [1.165, 1.54) is 0 Å². The van der Waals surface area contributed by atoms with E-state index in [0.717, 1.165) is 14.5 Å². The van der Waals surface area contributed by atoms with E-state index < -0.39 is 5.97 Å². The molecule has 2 rings (SSSR count). The van der Waals surface area contributed by atoms with Gasteiger partial charge in [-0.2, -0.15) is 0 Å². The van der Waals surface area contributed by atoms with Crippen LogP contribution in [-0.2, 0) is 0 Å². The molecule has 1 aromatic carbocycles. The van der Waals surface area contributed by atoms with Crippen molar-refractivity contribution in [2.24, 2.45) is 0 Å². The average molecular weight is 287 g/mol. The number of aromatic amines is 1. The molecule has 0 aliphatic heterocycles. The molecular weight excluding hydrogens is 281 g/mol. The summed E-state index contributed by atoms with van der Waals surface area (Å²) in [6.45, 7) is 0. The van der Waals surface area contributed by atoms with Gasteiger partial charge >= 0.3 is 5.97 Å². The average Bonchev–Trinajstić information content (AvgIpc) is 2.51. The summed E-state index contributed by atoms with van der Waals surface area (Å²) in [6, 6.07) is 5.24. The number of fused-ring (bicyclic) bond motifs is 1. The minimum Gasteiger partial charge on any atom is -0.478 e. The van der Waals surface area contributed by atoms with Gasteiger partial charge in [0.25, 0.3) is 0 Å². The Morgan fingerprint density at radius 2 is 2.23 bits per heavy atom. The van der Waals surface area contributed by atoms with E-state index in [-0.39, 0.29) is 0 Å². The van der Waals surface area contributed by atoms with Gasteiger partial charge in [-0.1, -0.05) is 0 Å². The monoisotopic (exact) mass is 287 g/mol. The standard InChI is InChI=1S/C9H6INO2/c10-7-3-5(9(12)13)4-8-6(7)1-2-11-8/h1-4,11H,(H,12,13). The second-order valence-corrected chi connectivity index (χ2v) is 3.86. The summed E-state index contributed by atoms with van der Waals surface area (Å²) in [4.78, 5) is 13.7. The van der Waals surface area contributed by atoms with Crippen LogP contribution in [0.25, 0.3) is 10.9 Å². The number of carbonyl (C=O) groups is 1. The van der Waals surface area contributed by atoms with E-state index in [2.05, 4.69) is 27.6 Å². The molecule has 0 spiro atoms. The minimum atomic E-state index is -0.894. The highest BCUT2D eigenvalue weighted by Gasteiger charge is 2.07. The lowest BCUT2D eigenvalue weighted by atomic mass is 10.2. The van der Waals surface area contributed by atoms with Gasteiger partial charge in [0, 0.05) is 20.7 Å². The molecule has 13 heavy (non-hydrogen) atoms. The van der Waals surface area contributed by atoms with E-state index >= 15 is 0 Å². The summed E-state index contributed by atoms with van der Waals surface area (Å²) in [7, 11) is 0. The maximum atomic E-state index is 10.7. The molecule has 0 bridgehead atoms. The van der Waals surface area contributed by atoms with Crippen LogP contribution in [0.1, 0.15) is 10.4 Å². The third kappa shape index (κ3) is 1.41. The van der Waals surface area contributed by atoms with Crippen LogP contribution in [0.4, 0.5) is 0 Å². The molecular formula is C9H6INO2. The van der Waals surface area contributed by atoms with Crippen molar-refractivity contribution in [1.29, 1.82) is 0 Å². The van der Waals surface area contributed by atoms with Crippen LogP contribution in [0, 0.1) is 3.57 Å². The van der Waals surface area contributed by atoms with Crippen LogP contribution in [0.3, 0.4) is 0 Å². The Kier molecular flexibility index (Phi) is 1.99. The molecule has 2 aromatic rings. The lowest BCUT2D eigenvalue weighted by molar-refractivity contribution is 0.0697. The van der Waals surface area contributed by atoms with Gasteiger partial charge in [-0.3, -0.25) is 0 Å². The number of hydrogen-bond donors (Lipinski definition) is 2. The fourth-order valence-electron chi connectivity index (χ4n) is 1.24. The zero-order chi connectivity index (χ0) is 9.42. The quantitative estimate of drug-likeness (QED) is 0.792. The zero-order valence-corrected chi connectivity index (χ0v) is 8.70. The van der Waals surface area contributed by atoms with Crippen molar-refractivity contribution in [1.82, 2.24) is 4.98 Å². The molecule has 1 heterocycles. The Morgan fingerprint density at radius 1 is 1.46 bits per heavy atom. The molecule has 0 aliphatic rings. The Hall–Kier alpha value is -1.04. The highest BCUT2D eigenvalue weighted by atomic mass is 127. The first-order valence-electron chi connectivity index (χ1n) is 3.68. The van der Waals surface area contributed by atoms with Crippen molar-refractivity contribution >= 4 is 39.5 Å². The number of aromatic nitrogens is 1. The number of nitrogens with one attached hydrogen (secondary N) is 1. The number of carboxylic acids is 1. The molecule has 66 valence electrons. The lowest BCUT2D eigenvalue weighted by Gasteiger charge is -1.97. The maximum absolute atomic E-state index is 10.7. The smallest absolute Gasteiger partial charge is 0.335 e. The van der Waals surface area contributed by atoms with Crippen molar-refractivity contribution in [2.75, 3.05) is 0 Å². The van der Waals surface area contributed by atoms with E-state index in [1.807, 2.05) is 6.07 Å². The van der Waals surface area contributed by atoms with Crippen LogP contribution in [0.2, 0.25) is 0 Å². The highest BCUT2D eigenvalue weighted by molar-refractivity contribution is 14.1. The Labute approximate surface area is 87.9 Å². The fourth-order valence-corrected chi connectivity index (χ4v) is 2.05. The van der Waals surface area contributed by atoms with Gasteiger partial charge in [-0.05, 0) is 40.8 Å². The predicted molar refractivity (Wildman–Crippen MR) is 58.0 cm³/mol. The summed E-state index contributed by atoms with van der Waals surface area (Å²) in [6.07, 6.45) is 1.80. The molecule has 0 aliphatic carbocycles. The highest BCUT2D eigenvalue weighted by Crippen LogP contribution is 2.21. The molecule has 4 heteroatoms. The largest absolute Gasteiger partial charge is 0.478 e. The van der Waals surface area contributed by atoms with E-state index in [9.17, 15) is 4.79 Å². The number of aromatic carboxylic acids is 1. The molecule has 3 nitrogen and oxygen atoms in total. The van der Waals surface area contributed by atoms with E-state index in [0.29, 0.717) is 5.56 Å². The summed E-state index contributed by atoms with van der Waals surface area (Å²) in [5, 5.41) is 9.85. The van der Waals surface area contributed by atoms with Crippen LogP contribution in [-0.4, -0.2) is 16.1 Å². The predicted octanol–water partition coefficient (Wildman–Crippen LogP) is 2.47. The van der Waals surface area contributed by atoms with Gasteiger partial charge in [-0.15, -0.1) is 0 Å². The van der Waals surface area contributed by atoms with Crippen molar-refractivity contribution in [2.45, 2.75) is 0 Å². The van der Waals surface area contributed by atoms with Gasteiger partial charge < -0.3 is 10.1 Å². The third-order valence-corrected chi connectivity index (χ3v) is 2.76. The maximum Gasteiger partial charge on any atom is 0.335 e. The third-order valence-electron chi connectivity index (χ3n) is 1.87. The summed E-state index contributed by atoms with van der Waals surface area (Å²) >= 11 is 2.13. The zero-order valence-electron chi connectivity index (χ0n) is 6.54. The summed E-state index contributed by atoms with van der Waals surface area (Å²) < 4.78 is 0.953.